The molecule has 3 aromatic carbocycles. The molecule has 0 aliphatic carbocycles. The number of benzene rings is 3. The predicted molar refractivity (Wildman–Crippen MR) is 169 cm³/mol. The van der Waals surface area contributed by atoms with E-state index in [9.17, 15) is 23.2 Å². The van der Waals surface area contributed by atoms with Crippen molar-refractivity contribution < 1.29 is 22.8 Å². The number of piperidine rings is 1. The molecule has 4 aromatic rings. The van der Waals surface area contributed by atoms with Gasteiger partial charge in [-0.1, -0.05) is 53.6 Å². The lowest BCUT2D eigenvalue weighted by Crippen LogP contribution is -2.37. The van der Waals surface area contributed by atoms with Crippen LogP contribution in [-0.2, 0) is 17.8 Å². The summed E-state index contributed by atoms with van der Waals surface area (Å²) in [6, 6.07) is 17.5. The van der Waals surface area contributed by atoms with Gasteiger partial charge in [-0.05, 0) is 61.1 Å². The number of rotatable bonds is 8. The molecule has 3 heterocycles. The van der Waals surface area contributed by atoms with Gasteiger partial charge < -0.3 is 19.5 Å². The summed E-state index contributed by atoms with van der Waals surface area (Å²) >= 11 is 6.08. The second-order valence-electron chi connectivity index (χ2n) is 11.5. The summed E-state index contributed by atoms with van der Waals surface area (Å²) in [4.78, 5) is 42.4. The van der Waals surface area contributed by atoms with E-state index < -0.39 is 34.6 Å². The molecule has 0 spiro atoms. The maximum absolute atomic E-state index is 14.4. The van der Waals surface area contributed by atoms with E-state index in [4.69, 9.17) is 16.0 Å². The van der Waals surface area contributed by atoms with Crippen molar-refractivity contribution in [2.45, 2.75) is 44.7 Å². The largest absolute Gasteiger partial charge is 0.448 e. The number of halogens is 3. The van der Waals surface area contributed by atoms with Crippen molar-refractivity contribution in [3.05, 3.63) is 122 Å². The molecule has 2 aliphatic heterocycles. The summed E-state index contributed by atoms with van der Waals surface area (Å²) in [7, 11) is 0. The Morgan fingerprint density at radius 3 is 2.47 bits per heavy atom. The van der Waals surface area contributed by atoms with Crippen LogP contribution in [0.25, 0.3) is 11.0 Å². The maximum atomic E-state index is 14.4. The quantitative estimate of drug-likeness (QED) is 0.227. The highest BCUT2D eigenvalue weighted by Gasteiger charge is 2.24. The van der Waals surface area contributed by atoms with Gasteiger partial charge >= 0.3 is 0 Å². The Kier molecular flexibility index (Phi) is 8.98. The van der Waals surface area contributed by atoms with E-state index in [0.717, 1.165) is 67.8 Å². The zero-order valence-corrected chi connectivity index (χ0v) is 25.3. The molecule has 10 heteroatoms. The van der Waals surface area contributed by atoms with E-state index in [1.165, 1.54) is 5.57 Å². The van der Waals surface area contributed by atoms with Crippen LogP contribution in [0.4, 0.5) is 14.5 Å². The predicted octanol–water partition coefficient (Wildman–Crippen LogP) is 6.41. The Morgan fingerprint density at radius 2 is 1.73 bits per heavy atom. The molecule has 1 aromatic heterocycles. The van der Waals surface area contributed by atoms with Gasteiger partial charge in [-0.3, -0.25) is 14.4 Å². The lowest BCUT2D eigenvalue weighted by Gasteiger charge is -2.33. The molecule has 0 bridgehead atoms. The zero-order valence-electron chi connectivity index (χ0n) is 24.5. The molecule has 6 rings (SSSR count). The van der Waals surface area contributed by atoms with Gasteiger partial charge in [0.15, 0.2) is 22.6 Å². The third-order valence-electron chi connectivity index (χ3n) is 8.36. The highest BCUT2D eigenvalue weighted by atomic mass is 35.5. The van der Waals surface area contributed by atoms with Crippen LogP contribution in [-0.4, -0.2) is 42.4 Å². The first-order valence-corrected chi connectivity index (χ1v) is 15.4. The van der Waals surface area contributed by atoms with E-state index in [2.05, 4.69) is 22.3 Å². The zero-order chi connectivity index (χ0) is 31.5. The molecule has 2 amide bonds. The monoisotopic (exact) mass is 631 g/mol. The number of carbonyl (C=O) groups excluding carboxylic acids is 2. The first-order chi connectivity index (χ1) is 21.7. The van der Waals surface area contributed by atoms with Gasteiger partial charge in [-0.15, -0.1) is 0 Å². The fourth-order valence-electron chi connectivity index (χ4n) is 6.08. The molecule has 0 saturated carbocycles. The minimum atomic E-state index is -1.06. The number of nitrogens with zero attached hydrogens (tertiary/aromatic N) is 2. The Bertz CT molecular complexity index is 1830. The molecule has 2 saturated heterocycles. The molecule has 2 aliphatic rings. The highest BCUT2D eigenvalue weighted by molar-refractivity contribution is 6.30. The van der Waals surface area contributed by atoms with Crippen LogP contribution in [0.15, 0.2) is 87.6 Å². The van der Waals surface area contributed by atoms with Crippen molar-refractivity contribution in [2.75, 3.05) is 24.5 Å². The van der Waals surface area contributed by atoms with Gasteiger partial charge in [0.1, 0.15) is 5.82 Å². The number of likely N-dealkylation sites (tertiary alicyclic amines) is 1. The molecular formula is C35H32ClF2N3O4. The number of hydrogen-bond donors (Lipinski definition) is 1. The molecule has 7 nitrogen and oxygen atoms in total. The lowest BCUT2D eigenvalue weighted by atomic mass is 9.97. The van der Waals surface area contributed by atoms with Gasteiger partial charge in [0, 0.05) is 55.4 Å². The van der Waals surface area contributed by atoms with Gasteiger partial charge in [0.25, 0.3) is 5.91 Å². The Labute approximate surface area is 264 Å². The molecule has 1 N–H and O–H groups in total. The molecule has 0 unspecified atom stereocenters. The third kappa shape index (κ3) is 7.09. The SMILES string of the molecule is O=C(N[C@H](C=C1CCN(c2ccccc2CN2CCCC2=O)CC1)Cc1ccc(Cl)cc1)c1cc(=O)c2cc(F)cc(F)c2o1. The smallest absolute Gasteiger partial charge is 0.287 e. The Morgan fingerprint density at radius 1 is 0.978 bits per heavy atom. The van der Waals surface area contributed by atoms with Gasteiger partial charge in [-0.25, -0.2) is 8.78 Å². The van der Waals surface area contributed by atoms with E-state index in [-0.39, 0.29) is 17.1 Å². The van der Waals surface area contributed by atoms with Crippen molar-refractivity contribution in [3.63, 3.8) is 0 Å². The van der Waals surface area contributed by atoms with Crippen LogP contribution in [0.3, 0.4) is 0 Å². The van der Waals surface area contributed by atoms with Gasteiger partial charge in [-0.2, -0.15) is 0 Å². The van der Waals surface area contributed by atoms with Crippen LogP contribution in [0, 0.1) is 11.6 Å². The number of carbonyl (C=O) groups is 2. The Balaban J connectivity index is 1.20. The second-order valence-corrected chi connectivity index (χ2v) is 11.9. The van der Waals surface area contributed by atoms with Crippen LogP contribution in [0.1, 0.15) is 47.4 Å². The van der Waals surface area contributed by atoms with E-state index in [1.807, 2.05) is 35.2 Å². The molecule has 45 heavy (non-hydrogen) atoms. The summed E-state index contributed by atoms with van der Waals surface area (Å²) in [5, 5.41) is 3.25. The molecule has 1 atom stereocenters. The van der Waals surface area contributed by atoms with Crippen molar-refractivity contribution >= 4 is 40.1 Å². The third-order valence-corrected chi connectivity index (χ3v) is 8.62. The van der Waals surface area contributed by atoms with Crippen LogP contribution >= 0.6 is 11.6 Å². The maximum Gasteiger partial charge on any atom is 0.287 e. The van der Waals surface area contributed by atoms with Crippen molar-refractivity contribution in [2.24, 2.45) is 0 Å². The minimum Gasteiger partial charge on any atom is -0.448 e. The first kappa shape index (κ1) is 30.5. The van der Waals surface area contributed by atoms with Crippen LogP contribution < -0.4 is 15.6 Å². The average Bonchev–Trinajstić information content (AvgIpc) is 3.43. The number of amides is 2. The molecule has 232 valence electrons. The summed E-state index contributed by atoms with van der Waals surface area (Å²) in [6.07, 6.45) is 5.53. The second kappa shape index (κ2) is 13.2. The fraction of sp³-hybridized carbons (Fsp3) is 0.286. The summed E-state index contributed by atoms with van der Waals surface area (Å²) in [6.45, 7) is 2.94. The molecule has 0 radical (unpaired) electrons. The van der Waals surface area contributed by atoms with Gasteiger partial charge in [0.05, 0.1) is 11.4 Å². The number of nitrogens with one attached hydrogen (secondary N) is 1. The van der Waals surface area contributed by atoms with Crippen LogP contribution in [0.5, 0.6) is 0 Å². The molecule has 2 fully saturated rings. The topological polar surface area (TPSA) is 82.9 Å². The fourth-order valence-corrected chi connectivity index (χ4v) is 6.20. The number of anilines is 1. The number of para-hydroxylation sites is 1. The molecular weight excluding hydrogens is 600 g/mol. The van der Waals surface area contributed by atoms with Crippen molar-refractivity contribution in [1.82, 2.24) is 10.2 Å². The Hall–Kier alpha value is -4.50. The lowest BCUT2D eigenvalue weighted by molar-refractivity contribution is -0.128. The van der Waals surface area contributed by atoms with E-state index in [0.29, 0.717) is 30.5 Å². The highest BCUT2D eigenvalue weighted by Crippen LogP contribution is 2.29. The summed E-state index contributed by atoms with van der Waals surface area (Å²) in [5.41, 5.74) is 3.17. The van der Waals surface area contributed by atoms with Gasteiger partial charge in [0.2, 0.25) is 5.91 Å². The van der Waals surface area contributed by atoms with Crippen molar-refractivity contribution in [3.8, 4) is 0 Å². The minimum absolute atomic E-state index is 0.199. The summed E-state index contributed by atoms with van der Waals surface area (Å²) < 4.78 is 33.5. The number of hydrogen-bond acceptors (Lipinski definition) is 5. The standard InChI is InChI=1S/C35H32ClF2N3O4/c36-25-9-7-22(8-10-25)16-27(39-35(44)32-20-31(42)28-18-26(37)19-29(38)34(28)45-32)17-23-11-14-40(15-12-23)30-5-2-1-4-24(30)21-41-13-3-6-33(41)43/h1-2,4-5,7-10,17-20,27H,3,6,11-16,21H2,(H,39,44)/t27-/m0/s1. The van der Waals surface area contributed by atoms with E-state index >= 15 is 0 Å². The summed E-state index contributed by atoms with van der Waals surface area (Å²) in [5.74, 6) is -2.81. The van der Waals surface area contributed by atoms with E-state index in [1.54, 1.807) is 12.1 Å². The van der Waals surface area contributed by atoms with Crippen molar-refractivity contribution in [1.29, 1.82) is 0 Å². The number of fused-ring (bicyclic) bond motifs is 1. The normalized spacial score (nSPS) is 15.9. The average molecular weight is 632 g/mol. The first-order valence-electron chi connectivity index (χ1n) is 15.0. The van der Waals surface area contributed by atoms with Crippen LogP contribution in [0.2, 0.25) is 5.02 Å².